The maximum atomic E-state index is 5.13. The third-order valence-corrected chi connectivity index (χ3v) is 7.23. The molecule has 0 bridgehead atoms. The van der Waals surface area contributed by atoms with Crippen molar-refractivity contribution in [1.29, 1.82) is 0 Å². The number of hydrogen-bond acceptors (Lipinski definition) is 0. The molecule has 5 heteroatoms. The summed E-state index contributed by atoms with van der Waals surface area (Å²) in [6.07, 6.45) is 9.86. The molecule has 0 radical (unpaired) electrons. The van der Waals surface area contributed by atoms with Crippen molar-refractivity contribution in [2.24, 2.45) is 17.8 Å². The van der Waals surface area contributed by atoms with E-state index in [4.69, 9.17) is 23.6 Å². The second-order valence-electron chi connectivity index (χ2n) is 7.98. The second-order valence-corrected chi connectivity index (χ2v) is 14.8. The van der Waals surface area contributed by atoms with Crippen molar-refractivity contribution < 1.29 is 17.0 Å². The molecule has 0 spiro atoms. The van der Waals surface area contributed by atoms with Crippen molar-refractivity contribution >= 4 is 32.5 Å². The molecule has 3 rings (SSSR count). The van der Waals surface area contributed by atoms with E-state index in [0.717, 1.165) is 23.4 Å². The van der Waals surface area contributed by atoms with E-state index in [2.05, 4.69) is 69.4 Å². The topological polar surface area (TPSA) is 14.1 Å². The van der Waals surface area contributed by atoms with E-state index in [0.29, 0.717) is 0 Å². The summed E-state index contributed by atoms with van der Waals surface area (Å²) in [6.45, 7) is 9.34. The van der Waals surface area contributed by atoms with Crippen LogP contribution in [0.5, 0.6) is 0 Å². The summed E-state index contributed by atoms with van der Waals surface area (Å²) >= 11 is -0.556. The van der Waals surface area contributed by atoms with Crippen molar-refractivity contribution in [3.63, 3.8) is 0 Å². The van der Waals surface area contributed by atoms with Crippen LogP contribution in [0.2, 0.25) is 19.1 Å². The van der Waals surface area contributed by atoms with Gasteiger partial charge in [0.25, 0.3) is 0 Å². The summed E-state index contributed by atoms with van der Waals surface area (Å²) in [6, 6.07) is 9.87. The van der Waals surface area contributed by atoms with E-state index in [1.54, 1.807) is 5.57 Å². The van der Waals surface area contributed by atoms with E-state index in [-0.39, 0.29) is 7.43 Å². The van der Waals surface area contributed by atoms with Gasteiger partial charge in [-0.05, 0) is 45.8 Å². The standard InChI is InChI=1S/C20H28NSi.CH3.2ClH.Ti/c1-15-8-10-19(11-9-15)21-22(3,4)14-18-7-5-6-17-12-16(2)13-20(17)18;;;;/h5-11,16-17,20H,12-14H2,1-4H3;1H3;2*1H;/q2*-1;;;+2/p-2. The minimum absolute atomic E-state index is 0. The minimum atomic E-state index is -1.61. The molecule has 0 heterocycles. The van der Waals surface area contributed by atoms with Crippen molar-refractivity contribution in [1.82, 2.24) is 0 Å². The average molecular weight is 444 g/mol. The first kappa shape index (κ1) is 24.0. The number of halogens is 2. The summed E-state index contributed by atoms with van der Waals surface area (Å²) in [5, 5.41) is 0. The third kappa shape index (κ3) is 7.20. The Morgan fingerprint density at radius 3 is 2.38 bits per heavy atom. The second kappa shape index (κ2) is 11.1. The fourth-order valence-corrected chi connectivity index (χ4v) is 6.42. The van der Waals surface area contributed by atoms with Gasteiger partial charge in [0.15, 0.2) is 0 Å². The fraction of sp³-hybridized carbons (Fsp3) is 0.476. The Bertz CT molecular complexity index is 613. The Labute approximate surface area is 178 Å². The molecule has 1 aromatic carbocycles. The maximum absolute atomic E-state index is 5.13. The average Bonchev–Trinajstić information content (AvgIpc) is 2.91. The van der Waals surface area contributed by atoms with Crippen LogP contribution in [0.3, 0.4) is 0 Å². The molecule has 0 aromatic heterocycles. The summed E-state index contributed by atoms with van der Waals surface area (Å²) < 4.78 is 0. The van der Waals surface area contributed by atoms with E-state index < -0.39 is 25.3 Å². The molecule has 0 saturated heterocycles. The zero-order valence-corrected chi connectivity index (χ0v) is 20.7. The van der Waals surface area contributed by atoms with Gasteiger partial charge in [0, 0.05) is 0 Å². The van der Waals surface area contributed by atoms with Crippen LogP contribution in [-0.4, -0.2) is 8.24 Å². The van der Waals surface area contributed by atoms with E-state index in [1.807, 2.05) is 0 Å². The normalized spacial score (nSPS) is 23.8. The van der Waals surface area contributed by atoms with Crippen LogP contribution < -0.4 is 0 Å². The zero-order valence-electron chi connectivity index (χ0n) is 16.6. The van der Waals surface area contributed by atoms with Crippen molar-refractivity contribution in [3.8, 4) is 0 Å². The number of hydrogen-bond donors (Lipinski definition) is 0. The molecule has 144 valence electrons. The molecular weight excluding hydrogens is 413 g/mol. The fourth-order valence-electron chi connectivity index (χ4n) is 4.12. The summed E-state index contributed by atoms with van der Waals surface area (Å²) in [5.41, 5.74) is 4.14. The van der Waals surface area contributed by atoms with Gasteiger partial charge in [-0.15, -0.1) is 5.69 Å². The van der Waals surface area contributed by atoms with Crippen LogP contribution >= 0.6 is 18.6 Å². The van der Waals surface area contributed by atoms with Gasteiger partial charge in [-0.2, -0.15) is 0 Å². The van der Waals surface area contributed by atoms with Crippen LogP contribution in [0, 0.1) is 32.1 Å². The van der Waals surface area contributed by atoms with E-state index in [9.17, 15) is 0 Å². The molecule has 0 aliphatic heterocycles. The summed E-state index contributed by atoms with van der Waals surface area (Å²) in [4.78, 5) is 5.13. The van der Waals surface area contributed by atoms with Gasteiger partial charge in [0.2, 0.25) is 0 Å². The summed E-state index contributed by atoms with van der Waals surface area (Å²) in [7, 11) is 8.17. The third-order valence-electron chi connectivity index (χ3n) is 5.10. The molecule has 1 nitrogen and oxygen atoms in total. The zero-order chi connectivity index (χ0) is 18.4. The molecule has 2 aliphatic carbocycles. The Kier molecular flexibility index (Phi) is 10.3. The van der Waals surface area contributed by atoms with Crippen LogP contribution in [0.4, 0.5) is 5.69 Å². The van der Waals surface area contributed by atoms with Crippen LogP contribution in [-0.2, 0) is 17.0 Å². The van der Waals surface area contributed by atoms with Gasteiger partial charge in [-0.1, -0.05) is 79.7 Å². The van der Waals surface area contributed by atoms with Crippen molar-refractivity contribution in [2.75, 3.05) is 0 Å². The van der Waals surface area contributed by atoms with Gasteiger partial charge in [0.1, 0.15) is 0 Å². The SMILES string of the molecule is Cc1ccc([N-][Si](C)(C)CC2=CC=CC3CC(C)CC23)cc1.[CH3-].[Cl][Ti][Cl]. The quantitative estimate of drug-likeness (QED) is 0.328. The molecule has 1 aromatic rings. The molecule has 3 atom stereocenters. The van der Waals surface area contributed by atoms with Crippen molar-refractivity contribution in [3.05, 3.63) is 66.0 Å². The number of benzene rings is 1. The predicted molar refractivity (Wildman–Crippen MR) is 117 cm³/mol. The predicted octanol–water partition coefficient (Wildman–Crippen LogP) is 8.19. The molecule has 1 saturated carbocycles. The number of rotatable bonds is 4. The molecule has 1 fully saturated rings. The van der Waals surface area contributed by atoms with Gasteiger partial charge in [-0.25, -0.2) is 0 Å². The number of nitrogens with zero attached hydrogens (tertiary/aromatic N) is 1. The van der Waals surface area contributed by atoms with Gasteiger partial charge >= 0.3 is 35.6 Å². The molecule has 3 unspecified atom stereocenters. The molecule has 0 amide bonds. The monoisotopic (exact) mass is 443 g/mol. The van der Waals surface area contributed by atoms with Gasteiger partial charge in [-0.3, -0.25) is 0 Å². The van der Waals surface area contributed by atoms with Gasteiger partial charge < -0.3 is 12.4 Å². The first-order valence-corrected chi connectivity index (χ1v) is 16.4. The number of allylic oxidation sites excluding steroid dienone is 4. The first-order valence-electron chi connectivity index (χ1n) is 8.97. The summed E-state index contributed by atoms with van der Waals surface area (Å²) in [5.74, 6) is 2.46. The van der Waals surface area contributed by atoms with Gasteiger partial charge in [0.05, 0.1) is 0 Å². The van der Waals surface area contributed by atoms with Crippen LogP contribution in [0.15, 0.2) is 48.1 Å². The Morgan fingerprint density at radius 1 is 1.15 bits per heavy atom. The van der Waals surface area contributed by atoms with Crippen LogP contribution in [0.25, 0.3) is 4.98 Å². The molecule has 2 aliphatic rings. The Morgan fingerprint density at radius 2 is 1.77 bits per heavy atom. The number of fused-ring (bicyclic) bond motifs is 1. The van der Waals surface area contributed by atoms with Crippen molar-refractivity contribution in [2.45, 2.75) is 45.8 Å². The molecule has 0 N–H and O–H groups in total. The number of aryl methyl sites for hydroxylation is 1. The van der Waals surface area contributed by atoms with E-state index in [1.165, 1.54) is 24.4 Å². The first-order chi connectivity index (χ1) is 11.8. The Hall–Kier alpha value is 0.0112. The molecule has 26 heavy (non-hydrogen) atoms. The van der Waals surface area contributed by atoms with E-state index >= 15 is 0 Å². The van der Waals surface area contributed by atoms with Crippen LogP contribution in [0.1, 0.15) is 25.3 Å². The Balaban J connectivity index is 0.000000791. The molecular formula is C21H31Cl2NSiTi-2.